The van der Waals surface area contributed by atoms with Crippen LogP contribution in [0.4, 0.5) is 0 Å². The Kier molecular flexibility index (Phi) is 1.88. The lowest BCUT2D eigenvalue weighted by Crippen LogP contribution is -2.06. The van der Waals surface area contributed by atoms with E-state index < -0.39 is 5.97 Å². The zero-order valence-electron chi connectivity index (χ0n) is 7.76. The molecule has 14 heavy (non-hydrogen) atoms. The fraction of sp³-hybridized carbons (Fsp3) is 0.250. The van der Waals surface area contributed by atoms with Crippen LogP contribution in [0.1, 0.15) is 10.6 Å². The van der Waals surface area contributed by atoms with Gasteiger partial charge in [0.05, 0.1) is 19.5 Å². The molecule has 72 valence electrons. The molecule has 2 aromatic rings. The predicted octanol–water partition coefficient (Wildman–Crippen LogP) is 0.150. The van der Waals surface area contributed by atoms with Crippen molar-refractivity contribution in [2.24, 2.45) is 7.05 Å². The van der Waals surface area contributed by atoms with Crippen molar-refractivity contribution in [3.05, 3.63) is 18.2 Å². The summed E-state index contributed by atoms with van der Waals surface area (Å²) < 4.78 is 6.14. The average Bonchev–Trinajstić information content (AvgIpc) is 2.59. The Bertz CT molecular complexity index is 491. The van der Waals surface area contributed by atoms with Crippen molar-refractivity contribution in [3.63, 3.8) is 0 Å². The van der Waals surface area contributed by atoms with Crippen molar-refractivity contribution in [2.75, 3.05) is 7.11 Å². The van der Waals surface area contributed by atoms with E-state index in [-0.39, 0.29) is 5.82 Å². The monoisotopic (exact) mass is 192 g/mol. The van der Waals surface area contributed by atoms with Gasteiger partial charge in [-0.2, -0.15) is 5.10 Å². The average molecular weight is 192 g/mol. The van der Waals surface area contributed by atoms with Gasteiger partial charge in [-0.25, -0.2) is 14.8 Å². The van der Waals surface area contributed by atoms with Gasteiger partial charge in [-0.3, -0.25) is 4.68 Å². The molecule has 0 N–H and O–H groups in total. The zero-order chi connectivity index (χ0) is 10.1. The summed E-state index contributed by atoms with van der Waals surface area (Å²) in [7, 11) is 3.07. The van der Waals surface area contributed by atoms with Gasteiger partial charge in [0.2, 0.25) is 5.82 Å². The van der Waals surface area contributed by atoms with Crippen molar-refractivity contribution in [2.45, 2.75) is 0 Å². The molecule has 0 aromatic carbocycles. The van der Waals surface area contributed by atoms with Gasteiger partial charge in [0.1, 0.15) is 11.0 Å². The number of esters is 1. The summed E-state index contributed by atoms with van der Waals surface area (Å²) in [5.41, 5.74) is 1.40. The lowest BCUT2D eigenvalue weighted by Gasteiger charge is -1.97. The fourth-order valence-corrected chi connectivity index (χ4v) is 1.13. The van der Waals surface area contributed by atoms with Crippen molar-refractivity contribution in [3.8, 4) is 0 Å². The van der Waals surface area contributed by atoms with Gasteiger partial charge in [-0.15, -0.1) is 0 Å². The minimum absolute atomic E-state index is 0.0491. The topological polar surface area (TPSA) is 69.9 Å². The second kappa shape index (κ2) is 3.06. The number of ether oxygens (including phenoxy) is 1. The molecule has 0 aliphatic carbocycles. The third-order valence-corrected chi connectivity index (χ3v) is 1.87. The minimum atomic E-state index is -0.546. The summed E-state index contributed by atoms with van der Waals surface area (Å²) in [6, 6.07) is 0. The summed E-state index contributed by atoms with van der Waals surface area (Å²) in [6.07, 6.45) is 3.12. The maximum absolute atomic E-state index is 11.1. The molecule has 0 aliphatic rings. The van der Waals surface area contributed by atoms with Gasteiger partial charge in [0.15, 0.2) is 0 Å². The molecule has 6 nitrogen and oxygen atoms in total. The largest absolute Gasteiger partial charge is 0.463 e. The highest BCUT2D eigenvalue weighted by molar-refractivity contribution is 5.87. The number of fused-ring (bicyclic) bond motifs is 1. The number of carbonyl (C=O) groups is 1. The molecule has 0 bridgehead atoms. The summed E-state index contributed by atoms with van der Waals surface area (Å²) in [4.78, 5) is 19.0. The van der Waals surface area contributed by atoms with E-state index >= 15 is 0 Å². The lowest BCUT2D eigenvalue weighted by atomic mass is 10.4. The molecular weight excluding hydrogens is 184 g/mol. The van der Waals surface area contributed by atoms with E-state index in [1.165, 1.54) is 7.11 Å². The first-order valence-electron chi connectivity index (χ1n) is 3.95. The molecule has 0 amide bonds. The van der Waals surface area contributed by atoms with Gasteiger partial charge >= 0.3 is 5.97 Å². The van der Waals surface area contributed by atoms with E-state index in [9.17, 15) is 4.79 Å². The van der Waals surface area contributed by atoms with Gasteiger partial charge in [0.25, 0.3) is 0 Å². The first-order chi connectivity index (χ1) is 6.72. The maximum atomic E-state index is 11.1. The number of hydrogen-bond acceptors (Lipinski definition) is 5. The molecule has 0 atom stereocenters. The van der Waals surface area contributed by atoms with Crippen LogP contribution < -0.4 is 0 Å². The zero-order valence-corrected chi connectivity index (χ0v) is 7.76. The third kappa shape index (κ3) is 1.20. The molecule has 0 saturated heterocycles. The van der Waals surface area contributed by atoms with Crippen LogP contribution in [0, 0.1) is 0 Å². The van der Waals surface area contributed by atoms with E-state index in [4.69, 9.17) is 0 Å². The quantitative estimate of drug-likeness (QED) is 0.601. The summed E-state index contributed by atoms with van der Waals surface area (Å²) in [5.74, 6) is -0.497. The van der Waals surface area contributed by atoms with Crippen LogP contribution in [-0.2, 0) is 11.8 Å². The molecular formula is C8H8N4O2. The standard InChI is InChI=1S/C8H8N4O2/c1-12-6-4-9-7(8(13)14-2)11-5(6)3-10-12/h3-4H,1-2H3. The molecule has 2 aromatic heterocycles. The highest BCUT2D eigenvalue weighted by atomic mass is 16.5. The van der Waals surface area contributed by atoms with Crippen LogP contribution in [0.3, 0.4) is 0 Å². The second-order valence-electron chi connectivity index (χ2n) is 2.72. The number of carbonyl (C=O) groups excluding carboxylic acids is 1. The van der Waals surface area contributed by atoms with E-state index in [1.807, 2.05) is 0 Å². The van der Waals surface area contributed by atoms with Crippen molar-refractivity contribution in [1.29, 1.82) is 0 Å². The van der Waals surface area contributed by atoms with E-state index in [0.29, 0.717) is 5.52 Å². The Hall–Kier alpha value is -1.98. The highest BCUT2D eigenvalue weighted by Crippen LogP contribution is 2.08. The molecule has 0 fully saturated rings. The number of rotatable bonds is 1. The lowest BCUT2D eigenvalue weighted by molar-refractivity contribution is 0.0587. The summed E-state index contributed by atoms with van der Waals surface area (Å²) in [6.45, 7) is 0. The Labute approximate surface area is 79.5 Å². The van der Waals surface area contributed by atoms with Gasteiger partial charge in [-0.05, 0) is 0 Å². The van der Waals surface area contributed by atoms with Crippen LogP contribution in [0.25, 0.3) is 11.0 Å². The second-order valence-corrected chi connectivity index (χ2v) is 2.72. The predicted molar refractivity (Wildman–Crippen MR) is 47.6 cm³/mol. The van der Waals surface area contributed by atoms with Gasteiger partial charge < -0.3 is 4.74 Å². The molecule has 0 radical (unpaired) electrons. The van der Waals surface area contributed by atoms with Gasteiger partial charge in [0, 0.05) is 7.05 Å². The molecule has 2 rings (SSSR count). The van der Waals surface area contributed by atoms with Crippen LogP contribution in [0.15, 0.2) is 12.4 Å². The Morgan fingerprint density at radius 1 is 1.50 bits per heavy atom. The minimum Gasteiger partial charge on any atom is -0.463 e. The van der Waals surface area contributed by atoms with E-state index in [1.54, 1.807) is 24.1 Å². The fourth-order valence-electron chi connectivity index (χ4n) is 1.13. The van der Waals surface area contributed by atoms with Crippen LogP contribution >= 0.6 is 0 Å². The van der Waals surface area contributed by atoms with Crippen molar-refractivity contribution in [1.82, 2.24) is 19.7 Å². The highest BCUT2D eigenvalue weighted by Gasteiger charge is 2.10. The van der Waals surface area contributed by atoms with E-state index in [0.717, 1.165) is 5.52 Å². The number of nitrogens with zero attached hydrogens (tertiary/aromatic N) is 4. The molecule has 0 aliphatic heterocycles. The Morgan fingerprint density at radius 3 is 3.00 bits per heavy atom. The smallest absolute Gasteiger partial charge is 0.376 e. The van der Waals surface area contributed by atoms with Crippen molar-refractivity contribution < 1.29 is 9.53 Å². The molecule has 6 heteroatoms. The molecule has 2 heterocycles. The number of methoxy groups -OCH3 is 1. The molecule has 0 unspecified atom stereocenters. The molecule has 0 saturated carbocycles. The Balaban J connectivity index is 2.57. The van der Waals surface area contributed by atoms with E-state index in [2.05, 4.69) is 19.8 Å². The number of aryl methyl sites for hydroxylation is 1. The summed E-state index contributed by atoms with van der Waals surface area (Å²) in [5, 5.41) is 3.98. The third-order valence-electron chi connectivity index (χ3n) is 1.87. The number of aromatic nitrogens is 4. The normalized spacial score (nSPS) is 10.4. The SMILES string of the molecule is COC(=O)c1ncc2c(cnn2C)n1. The Morgan fingerprint density at radius 2 is 2.29 bits per heavy atom. The van der Waals surface area contributed by atoms with Gasteiger partial charge in [-0.1, -0.05) is 0 Å². The van der Waals surface area contributed by atoms with Crippen LogP contribution in [0.5, 0.6) is 0 Å². The first-order valence-corrected chi connectivity index (χ1v) is 3.95. The number of hydrogen-bond donors (Lipinski definition) is 0. The van der Waals surface area contributed by atoms with Crippen molar-refractivity contribution >= 4 is 17.0 Å². The summed E-state index contributed by atoms with van der Waals surface area (Å²) >= 11 is 0. The molecule has 0 spiro atoms. The van der Waals surface area contributed by atoms with Crippen LogP contribution in [0.2, 0.25) is 0 Å². The first kappa shape index (κ1) is 8.61. The maximum Gasteiger partial charge on any atom is 0.376 e. The van der Waals surface area contributed by atoms with Crippen LogP contribution in [-0.4, -0.2) is 32.8 Å².